The van der Waals surface area contributed by atoms with Crippen molar-refractivity contribution < 1.29 is 14.3 Å². The van der Waals surface area contributed by atoms with Gasteiger partial charge in [-0.15, -0.1) is 0 Å². The zero-order valence-corrected chi connectivity index (χ0v) is 14.1. The average molecular weight is 337 g/mol. The van der Waals surface area contributed by atoms with E-state index in [0.29, 0.717) is 17.2 Å². The summed E-state index contributed by atoms with van der Waals surface area (Å²) >= 11 is 0. The highest BCUT2D eigenvalue weighted by Gasteiger charge is 2.14. The quantitative estimate of drug-likeness (QED) is 0.750. The molecule has 1 heterocycles. The van der Waals surface area contributed by atoms with Crippen LogP contribution in [-0.2, 0) is 11.8 Å². The maximum Gasteiger partial charge on any atom is 0.262 e. The van der Waals surface area contributed by atoms with E-state index in [1.165, 1.54) is 0 Å². The van der Waals surface area contributed by atoms with Crippen LogP contribution in [-0.4, -0.2) is 29.4 Å². The molecule has 1 aromatic heterocycles. The number of anilines is 1. The lowest BCUT2D eigenvalue weighted by Crippen LogP contribution is -2.20. The van der Waals surface area contributed by atoms with Gasteiger partial charge < -0.3 is 14.8 Å². The maximum absolute atomic E-state index is 12.3. The second-order valence-electron chi connectivity index (χ2n) is 5.38. The number of hydrogen-bond donors (Lipinski definition) is 1. The summed E-state index contributed by atoms with van der Waals surface area (Å²) in [5.74, 6) is 0.840. The SMILES string of the molecule is COc1ccccc1OCC(=O)Nc1cnn(C)c1-c1ccccc1. The number of benzene rings is 2. The van der Waals surface area contributed by atoms with E-state index in [4.69, 9.17) is 9.47 Å². The molecule has 0 unspecified atom stereocenters. The Morgan fingerprint density at radius 1 is 1.08 bits per heavy atom. The van der Waals surface area contributed by atoms with Crippen LogP contribution in [0.15, 0.2) is 60.8 Å². The van der Waals surface area contributed by atoms with Gasteiger partial charge in [0.1, 0.15) is 0 Å². The van der Waals surface area contributed by atoms with E-state index in [1.807, 2.05) is 49.5 Å². The number of aryl methyl sites for hydroxylation is 1. The van der Waals surface area contributed by atoms with Crippen LogP contribution in [0.1, 0.15) is 0 Å². The van der Waals surface area contributed by atoms with Crippen molar-refractivity contribution in [1.29, 1.82) is 0 Å². The van der Waals surface area contributed by atoms with E-state index < -0.39 is 0 Å². The molecule has 0 radical (unpaired) electrons. The number of amides is 1. The predicted molar refractivity (Wildman–Crippen MR) is 95.8 cm³/mol. The van der Waals surface area contributed by atoms with Crippen molar-refractivity contribution in [3.8, 4) is 22.8 Å². The molecule has 0 saturated carbocycles. The molecule has 6 nitrogen and oxygen atoms in total. The van der Waals surface area contributed by atoms with Crippen molar-refractivity contribution in [2.75, 3.05) is 19.0 Å². The molecule has 0 aliphatic heterocycles. The lowest BCUT2D eigenvalue weighted by atomic mass is 10.1. The van der Waals surface area contributed by atoms with E-state index in [9.17, 15) is 4.79 Å². The van der Waals surface area contributed by atoms with Gasteiger partial charge in [-0.2, -0.15) is 5.10 Å². The summed E-state index contributed by atoms with van der Waals surface area (Å²) < 4.78 is 12.5. The number of rotatable bonds is 6. The Morgan fingerprint density at radius 3 is 2.48 bits per heavy atom. The third-order valence-electron chi connectivity index (χ3n) is 3.69. The maximum atomic E-state index is 12.3. The molecule has 0 aliphatic carbocycles. The van der Waals surface area contributed by atoms with Crippen LogP contribution in [0.2, 0.25) is 0 Å². The van der Waals surface area contributed by atoms with Crippen molar-refractivity contribution in [2.24, 2.45) is 7.05 Å². The normalized spacial score (nSPS) is 10.3. The summed E-state index contributed by atoms with van der Waals surface area (Å²) in [7, 11) is 3.40. The summed E-state index contributed by atoms with van der Waals surface area (Å²) in [5, 5.41) is 7.08. The van der Waals surface area contributed by atoms with Crippen LogP contribution < -0.4 is 14.8 Å². The second kappa shape index (κ2) is 7.53. The minimum Gasteiger partial charge on any atom is -0.493 e. The van der Waals surface area contributed by atoms with Gasteiger partial charge in [-0.05, 0) is 12.1 Å². The van der Waals surface area contributed by atoms with E-state index in [0.717, 1.165) is 11.3 Å². The topological polar surface area (TPSA) is 65.4 Å². The van der Waals surface area contributed by atoms with Crippen LogP contribution in [0.3, 0.4) is 0 Å². The van der Waals surface area contributed by atoms with Gasteiger partial charge in [0.15, 0.2) is 18.1 Å². The zero-order valence-electron chi connectivity index (χ0n) is 14.1. The van der Waals surface area contributed by atoms with Gasteiger partial charge in [0.25, 0.3) is 5.91 Å². The second-order valence-corrected chi connectivity index (χ2v) is 5.38. The monoisotopic (exact) mass is 337 g/mol. The van der Waals surface area contributed by atoms with Crippen LogP contribution in [0.4, 0.5) is 5.69 Å². The van der Waals surface area contributed by atoms with Gasteiger partial charge in [-0.1, -0.05) is 42.5 Å². The molecule has 0 saturated heterocycles. The molecular weight excluding hydrogens is 318 g/mol. The van der Waals surface area contributed by atoms with E-state index >= 15 is 0 Å². The predicted octanol–water partition coefficient (Wildman–Crippen LogP) is 3.11. The van der Waals surface area contributed by atoms with Crippen LogP contribution >= 0.6 is 0 Å². The number of nitrogens with one attached hydrogen (secondary N) is 1. The lowest BCUT2D eigenvalue weighted by molar-refractivity contribution is -0.118. The summed E-state index contributed by atoms with van der Waals surface area (Å²) in [6.45, 7) is -0.122. The molecule has 0 bridgehead atoms. The fourth-order valence-corrected chi connectivity index (χ4v) is 2.53. The fraction of sp³-hybridized carbons (Fsp3) is 0.158. The van der Waals surface area contributed by atoms with Gasteiger partial charge in [0.2, 0.25) is 0 Å². The smallest absolute Gasteiger partial charge is 0.262 e. The van der Waals surface area contributed by atoms with Gasteiger partial charge in [0, 0.05) is 12.6 Å². The first-order valence-electron chi connectivity index (χ1n) is 7.82. The van der Waals surface area contributed by atoms with E-state index in [2.05, 4.69) is 10.4 Å². The highest BCUT2D eigenvalue weighted by atomic mass is 16.5. The Hall–Kier alpha value is -3.28. The standard InChI is InChI=1S/C19H19N3O3/c1-22-19(14-8-4-3-5-9-14)15(12-20-22)21-18(23)13-25-17-11-7-6-10-16(17)24-2/h3-12H,13H2,1-2H3,(H,21,23). The molecule has 0 atom stereocenters. The van der Waals surface area contributed by atoms with Gasteiger partial charge in [-0.25, -0.2) is 0 Å². The number of hydrogen-bond acceptors (Lipinski definition) is 4. The van der Waals surface area contributed by atoms with E-state index in [-0.39, 0.29) is 12.5 Å². The first kappa shape index (κ1) is 16.6. The van der Waals surface area contributed by atoms with Gasteiger partial charge in [0.05, 0.1) is 24.7 Å². The lowest BCUT2D eigenvalue weighted by Gasteiger charge is -2.11. The summed E-state index contributed by atoms with van der Waals surface area (Å²) in [6, 6.07) is 17.0. The first-order valence-corrected chi connectivity index (χ1v) is 7.82. The molecule has 6 heteroatoms. The minimum atomic E-state index is -0.268. The molecular formula is C19H19N3O3. The first-order chi connectivity index (χ1) is 12.2. The van der Waals surface area contributed by atoms with E-state index in [1.54, 1.807) is 30.1 Å². The van der Waals surface area contributed by atoms with Crippen molar-refractivity contribution in [2.45, 2.75) is 0 Å². The number of carbonyl (C=O) groups is 1. The van der Waals surface area contributed by atoms with Crippen molar-refractivity contribution in [3.63, 3.8) is 0 Å². The summed E-state index contributed by atoms with van der Waals surface area (Å²) in [6.07, 6.45) is 1.63. The Kier molecular flexibility index (Phi) is 4.99. The number of carbonyl (C=O) groups excluding carboxylic acids is 1. The van der Waals surface area contributed by atoms with Crippen molar-refractivity contribution in [1.82, 2.24) is 9.78 Å². The fourth-order valence-electron chi connectivity index (χ4n) is 2.53. The number of methoxy groups -OCH3 is 1. The minimum absolute atomic E-state index is 0.122. The third kappa shape index (κ3) is 3.80. The molecule has 0 fully saturated rings. The number of ether oxygens (including phenoxy) is 2. The molecule has 1 amide bonds. The molecule has 3 aromatic rings. The molecule has 25 heavy (non-hydrogen) atoms. The number of nitrogens with zero attached hydrogens (tertiary/aromatic N) is 2. The molecule has 1 N–H and O–H groups in total. The Balaban J connectivity index is 1.70. The molecule has 0 aliphatic rings. The molecule has 2 aromatic carbocycles. The highest BCUT2D eigenvalue weighted by Crippen LogP contribution is 2.28. The van der Waals surface area contributed by atoms with Gasteiger partial charge in [-0.3, -0.25) is 9.48 Å². The summed E-state index contributed by atoms with van der Waals surface area (Å²) in [5.41, 5.74) is 2.46. The molecule has 128 valence electrons. The van der Waals surface area contributed by atoms with Gasteiger partial charge >= 0.3 is 0 Å². The Labute approximate surface area is 146 Å². The Morgan fingerprint density at radius 2 is 1.76 bits per heavy atom. The number of para-hydroxylation sites is 2. The average Bonchev–Trinajstić information content (AvgIpc) is 3.01. The highest BCUT2D eigenvalue weighted by molar-refractivity contribution is 5.95. The zero-order chi connectivity index (χ0) is 17.6. The molecule has 3 rings (SSSR count). The summed E-state index contributed by atoms with van der Waals surface area (Å²) in [4.78, 5) is 12.3. The largest absolute Gasteiger partial charge is 0.493 e. The van der Waals surface area contributed by atoms with Crippen LogP contribution in [0.5, 0.6) is 11.5 Å². The third-order valence-corrected chi connectivity index (χ3v) is 3.69. The van der Waals surface area contributed by atoms with Crippen LogP contribution in [0.25, 0.3) is 11.3 Å². The van der Waals surface area contributed by atoms with Crippen LogP contribution in [0, 0.1) is 0 Å². The van der Waals surface area contributed by atoms with Crippen molar-refractivity contribution in [3.05, 3.63) is 60.8 Å². The molecule has 0 spiro atoms. The van der Waals surface area contributed by atoms with Crippen molar-refractivity contribution >= 4 is 11.6 Å². The number of aromatic nitrogens is 2. The Bertz CT molecular complexity index is 859.